The molecule has 0 aromatic heterocycles. The average molecular weight is 288 g/mol. The van der Waals surface area contributed by atoms with Crippen molar-refractivity contribution in [3.63, 3.8) is 0 Å². The highest BCUT2D eigenvalue weighted by atomic mass is 16.6. The molecule has 20 heavy (non-hydrogen) atoms. The molecule has 0 atom stereocenters. The summed E-state index contributed by atoms with van der Waals surface area (Å²) in [6.07, 6.45) is -2.46. The zero-order chi connectivity index (χ0) is 15.9. The lowest BCUT2D eigenvalue weighted by atomic mass is 10.1. The standard InChI is InChI=1S/C13H24N2O5/c1-8(2)7-11(16)15(13(18)20-10(5)6)14-12(17)19-9(3)4/h8-10H,7H2,1-6H3,(H,14,17). The number of carbonyl (C=O) groups is 3. The van der Waals surface area contributed by atoms with E-state index in [0.717, 1.165) is 0 Å². The fourth-order valence-corrected chi connectivity index (χ4v) is 1.24. The van der Waals surface area contributed by atoms with Crippen molar-refractivity contribution < 1.29 is 23.9 Å². The van der Waals surface area contributed by atoms with Gasteiger partial charge in [0.05, 0.1) is 12.2 Å². The molecule has 0 unspecified atom stereocenters. The van der Waals surface area contributed by atoms with Crippen LogP contribution in [0, 0.1) is 5.92 Å². The van der Waals surface area contributed by atoms with Crippen LogP contribution in [-0.2, 0) is 14.3 Å². The van der Waals surface area contributed by atoms with E-state index in [4.69, 9.17) is 9.47 Å². The van der Waals surface area contributed by atoms with Crippen LogP contribution in [0.25, 0.3) is 0 Å². The largest absolute Gasteiger partial charge is 0.446 e. The van der Waals surface area contributed by atoms with Gasteiger partial charge in [0.1, 0.15) is 0 Å². The molecule has 0 heterocycles. The Kier molecular flexibility index (Phi) is 7.64. The number of nitrogens with zero attached hydrogens (tertiary/aromatic N) is 1. The Morgan fingerprint density at radius 3 is 1.85 bits per heavy atom. The number of nitrogens with one attached hydrogen (secondary N) is 1. The van der Waals surface area contributed by atoms with Crippen molar-refractivity contribution in [1.82, 2.24) is 10.4 Å². The third-order valence-electron chi connectivity index (χ3n) is 1.90. The summed E-state index contributed by atoms with van der Waals surface area (Å²) in [5.74, 6) is -0.508. The molecule has 0 aromatic carbocycles. The van der Waals surface area contributed by atoms with Crippen LogP contribution < -0.4 is 5.43 Å². The molecule has 0 aliphatic carbocycles. The highest BCUT2D eigenvalue weighted by molar-refractivity contribution is 5.93. The quantitative estimate of drug-likeness (QED) is 0.803. The molecule has 0 saturated carbocycles. The van der Waals surface area contributed by atoms with E-state index in [0.29, 0.717) is 5.01 Å². The summed E-state index contributed by atoms with van der Waals surface area (Å²) in [5, 5.41) is 0.560. The van der Waals surface area contributed by atoms with Crippen molar-refractivity contribution in [2.75, 3.05) is 0 Å². The zero-order valence-electron chi connectivity index (χ0n) is 12.9. The Morgan fingerprint density at radius 1 is 0.950 bits per heavy atom. The molecule has 116 valence electrons. The minimum Gasteiger partial charge on any atom is -0.446 e. The van der Waals surface area contributed by atoms with Crippen molar-refractivity contribution in [1.29, 1.82) is 0 Å². The lowest BCUT2D eigenvalue weighted by Crippen LogP contribution is -2.51. The average Bonchev–Trinajstić information content (AvgIpc) is 2.22. The van der Waals surface area contributed by atoms with Crippen LogP contribution in [0.15, 0.2) is 0 Å². The van der Waals surface area contributed by atoms with Gasteiger partial charge < -0.3 is 9.47 Å². The fraction of sp³-hybridized carbons (Fsp3) is 0.769. The van der Waals surface area contributed by atoms with Gasteiger partial charge in [0.2, 0.25) is 0 Å². The minimum absolute atomic E-state index is 0.0415. The van der Waals surface area contributed by atoms with E-state index >= 15 is 0 Å². The van der Waals surface area contributed by atoms with Crippen LogP contribution in [0.1, 0.15) is 48.0 Å². The monoisotopic (exact) mass is 288 g/mol. The number of hydrazine groups is 1. The van der Waals surface area contributed by atoms with Crippen LogP contribution in [0.4, 0.5) is 9.59 Å². The van der Waals surface area contributed by atoms with Crippen molar-refractivity contribution in [2.24, 2.45) is 5.92 Å². The summed E-state index contributed by atoms with van der Waals surface area (Å²) in [6, 6.07) is 0. The predicted molar refractivity (Wildman–Crippen MR) is 72.7 cm³/mol. The normalized spacial score (nSPS) is 10.7. The van der Waals surface area contributed by atoms with E-state index in [1.165, 1.54) is 0 Å². The Morgan fingerprint density at radius 2 is 1.45 bits per heavy atom. The summed E-state index contributed by atoms with van der Waals surface area (Å²) in [5.41, 5.74) is 2.11. The van der Waals surface area contributed by atoms with Gasteiger partial charge in [-0.15, -0.1) is 5.01 Å². The molecule has 0 aliphatic heterocycles. The van der Waals surface area contributed by atoms with Gasteiger partial charge in [0.15, 0.2) is 0 Å². The van der Waals surface area contributed by atoms with Crippen LogP contribution in [0.2, 0.25) is 0 Å². The number of hydrogen-bond acceptors (Lipinski definition) is 5. The van der Waals surface area contributed by atoms with Gasteiger partial charge >= 0.3 is 12.2 Å². The molecule has 3 amide bonds. The van der Waals surface area contributed by atoms with Crippen LogP contribution >= 0.6 is 0 Å². The Bertz CT molecular complexity index is 331. The van der Waals surface area contributed by atoms with E-state index in [9.17, 15) is 14.4 Å². The second-order valence-corrected chi connectivity index (χ2v) is 5.33. The third-order valence-corrected chi connectivity index (χ3v) is 1.90. The van der Waals surface area contributed by atoms with Gasteiger partial charge in [-0.25, -0.2) is 15.0 Å². The Balaban J connectivity index is 4.82. The lowest BCUT2D eigenvalue weighted by molar-refractivity contribution is -0.133. The Labute approximate surface area is 119 Å². The molecule has 0 bridgehead atoms. The van der Waals surface area contributed by atoms with Gasteiger partial charge in [0.25, 0.3) is 5.91 Å². The van der Waals surface area contributed by atoms with Crippen molar-refractivity contribution in [3.05, 3.63) is 0 Å². The van der Waals surface area contributed by atoms with Gasteiger partial charge in [-0.1, -0.05) is 13.8 Å². The molecule has 0 spiro atoms. The van der Waals surface area contributed by atoms with Crippen molar-refractivity contribution >= 4 is 18.1 Å². The molecule has 7 heteroatoms. The van der Waals surface area contributed by atoms with E-state index in [-0.39, 0.29) is 18.4 Å². The summed E-state index contributed by atoms with van der Waals surface area (Å²) < 4.78 is 9.76. The summed E-state index contributed by atoms with van der Waals surface area (Å²) >= 11 is 0. The highest BCUT2D eigenvalue weighted by Crippen LogP contribution is 2.06. The van der Waals surface area contributed by atoms with Crippen LogP contribution in [0.3, 0.4) is 0 Å². The van der Waals surface area contributed by atoms with Crippen molar-refractivity contribution in [3.8, 4) is 0 Å². The van der Waals surface area contributed by atoms with Gasteiger partial charge in [0, 0.05) is 6.42 Å². The minimum atomic E-state index is -0.925. The second-order valence-electron chi connectivity index (χ2n) is 5.33. The maximum atomic E-state index is 12.0. The molecule has 0 fully saturated rings. The van der Waals surface area contributed by atoms with E-state index in [1.54, 1.807) is 27.7 Å². The fourth-order valence-electron chi connectivity index (χ4n) is 1.24. The Hall–Kier alpha value is -1.79. The third kappa shape index (κ3) is 7.60. The summed E-state index contributed by atoms with van der Waals surface area (Å²) in [4.78, 5) is 35.3. The van der Waals surface area contributed by atoms with E-state index in [1.807, 2.05) is 13.8 Å². The molecular weight excluding hydrogens is 264 g/mol. The summed E-state index contributed by atoms with van der Waals surface area (Å²) in [7, 11) is 0. The zero-order valence-corrected chi connectivity index (χ0v) is 12.9. The topological polar surface area (TPSA) is 84.9 Å². The smallest absolute Gasteiger partial charge is 0.436 e. The van der Waals surface area contributed by atoms with Crippen molar-refractivity contribution in [2.45, 2.75) is 60.2 Å². The first-order valence-electron chi connectivity index (χ1n) is 6.64. The first kappa shape index (κ1) is 18.2. The molecule has 0 radical (unpaired) electrons. The summed E-state index contributed by atoms with van der Waals surface area (Å²) in [6.45, 7) is 10.3. The highest BCUT2D eigenvalue weighted by Gasteiger charge is 2.27. The molecular formula is C13H24N2O5. The van der Waals surface area contributed by atoms with E-state index in [2.05, 4.69) is 5.43 Å². The first-order valence-corrected chi connectivity index (χ1v) is 6.64. The molecule has 7 nitrogen and oxygen atoms in total. The van der Waals surface area contributed by atoms with Gasteiger partial charge in [-0.05, 0) is 33.6 Å². The van der Waals surface area contributed by atoms with E-state index < -0.39 is 24.2 Å². The van der Waals surface area contributed by atoms with Gasteiger partial charge in [-0.3, -0.25) is 4.79 Å². The molecule has 0 aromatic rings. The number of rotatable bonds is 4. The number of hydrogen-bond donors (Lipinski definition) is 1. The number of carbonyl (C=O) groups excluding carboxylic acids is 3. The van der Waals surface area contributed by atoms with Crippen LogP contribution in [0.5, 0.6) is 0 Å². The number of imide groups is 1. The molecule has 0 saturated heterocycles. The van der Waals surface area contributed by atoms with Crippen LogP contribution in [-0.4, -0.2) is 35.3 Å². The number of amides is 3. The maximum absolute atomic E-state index is 12.0. The SMILES string of the molecule is CC(C)CC(=O)N(NC(=O)OC(C)C)C(=O)OC(C)C. The molecule has 0 rings (SSSR count). The molecule has 0 aliphatic rings. The maximum Gasteiger partial charge on any atom is 0.436 e. The second kappa shape index (κ2) is 8.39. The number of ether oxygens (including phenoxy) is 2. The predicted octanol–water partition coefficient (Wildman–Crippen LogP) is 2.46. The molecule has 1 N–H and O–H groups in total. The lowest BCUT2D eigenvalue weighted by Gasteiger charge is -2.23. The van der Waals surface area contributed by atoms with Gasteiger partial charge in [-0.2, -0.15) is 0 Å². The first-order chi connectivity index (χ1) is 9.13.